The maximum Gasteiger partial charge on any atom is 0.248 e. The molecule has 140 valence electrons. The number of benzene rings is 2. The van der Waals surface area contributed by atoms with Crippen LogP contribution in [0.5, 0.6) is 11.6 Å². The van der Waals surface area contributed by atoms with Gasteiger partial charge in [0, 0.05) is 11.1 Å². The number of nitrogen functional groups attached to an aromatic ring is 1. The van der Waals surface area contributed by atoms with Crippen molar-refractivity contribution in [2.75, 3.05) is 11.1 Å². The van der Waals surface area contributed by atoms with E-state index in [9.17, 15) is 0 Å². The molecule has 0 aliphatic carbocycles. The summed E-state index contributed by atoms with van der Waals surface area (Å²) >= 11 is 0. The molecule has 0 fully saturated rings. The predicted molar refractivity (Wildman–Crippen MR) is 111 cm³/mol. The first kappa shape index (κ1) is 17.7. The number of nitrogens with one attached hydrogen (secondary N) is 1. The molecule has 0 saturated carbocycles. The molecule has 0 bridgehead atoms. The Balaban J connectivity index is 1.64. The molecule has 6 nitrogen and oxygen atoms in total. The largest absolute Gasteiger partial charge is 0.435 e. The zero-order chi connectivity index (χ0) is 19.5. The van der Waals surface area contributed by atoms with Crippen LogP contribution in [0.4, 0.5) is 11.5 Å². The van der Waals surface area contributed by atoms with Crippen LogP contribution in [0.1, 0.15) is 24.2 Å². The second-order valence-corrected chi connectivity index (χ2v) is 6.60. The number of nitrogens with two attached hydrogens (primary N) is 1. The number of pyridine rings is 1. The average Bonchev–Trinajstić information content (AvgIpc) is 2.72. The lowest BCUT2D eigenvalue weighted by molar-refractivity contribution is 0.468. The monoisotopic (exact) mass is 371 g/mol. The highest BCUT2D eigenvalue weighted by Crippen LogP contribution is 2.33. The van der Waals surface area contributed by atoms with Crippen molar-refractivity contribution in [1.29, 1.82) is 0 Å². The summed E-state index contributed by atoms with van der Waals surface area (Å²) in [5, 5.41) is 4.32. The van der Waals surface area contributed by atoms with Crippen molar-refractivity contribution in [3.05, 3.63) is 78.2 Å². The van der Waals surface area contributed by atoms with E-state index in [0.29, 0.717) is 23.1 Å². The number of anilines is 2. The van der Waals surface area contributed by atoms with Crippen molar-refractivity contribution < 1.29 is 4.74 Å². The lowest BCUT2D eigenvalue weighted by Crippen LogP contribution is -2.11. The second kappa shape index (κ2) is 7.52. The van der Waals surface area contributed by atoms with Crippen LogP contribution in [0.2, 0.25) is 0 Å². The highest BCUT2D eigenvalue weighted by molar-refractivity contribution is 5.85. The van der Waals surface area contributed by atoms with Crippen LogP contribution in [0.15, 0.2) is 67.0 Å². The Labute approximate surface area is 163 Å². The molecule has 0 aliphatic rings. The number of nitrogens with zero attached hydrogens (tertiary/aromatic N) is 3. The minimum atomic E-state index is 0.0353. The van der Waals surface area contributed by atoms with E-state index in [2.05, 4.69) is 39.3 Å². The maximum atomic E-state index is 6.30. The minimum Gasteiger partial charge on any atom is -0.435 e. The Morgan fingerprint density at radius 1 is 0.964 bits per heavy atom. The van der Waals surface area contributed by atoms with Gasteiger partial charge in [0.15, 0.2) is 11.6 Å². The Kier molecular flexibility index (Phi) is 4.76. The summed E-state index contributed by atoms with van der Waals surface area (Å²) in [5.41, 5.74) is 9.48. The molecule has 0 aliphatic heterocycles. The summed E-state index contributed by atoms with van der Waals surface area (Å²) in [6.45, 7) is 4.00. The number of aryl methyl sites for hydroxylation is 1. The van der Waals surface area contributed by atoms with Gasteiger partial charge in [0.2, 0.25) is 5.88 Å². The van der Waals surface area contributed by atoms with E-state index in [0.717, 1.165) is 22.2 Å². The third-order valence-electron chi connectivity index (χ3n) is 4.53. The van der Waals surface area contributed by atoms with E-state index >= 15 is 0 Å². The minimum absolute atomic E-state index is 0.0353. The summed E-state index contributed by atoms with van der Waals surface area (Å²) in [6, 6.07) is 19.9. The average molecular weight is 371 g/mol. The summed E-state index contributed by atoms with van der Waals surface area (Å²) < 4.78 is 6.03. The van der Waals surface area contributed by atoms with Crippen LogP contribution < -0.4 is 15.8 Å². The van der Waals surface area contributed by atoms with E-state index < -0.39 is 0 Å². The van der Waals surface area contributed by atoms with Gasteiger partial charge < -0.3 is 15.8 Å². The molecule has 1 unspecified atom stereocenters. The molecule has 6 heteroatoms. The quantitative estimate of drug-likeness (QED) is 0.520. The van der Waals surface area contributed by atoms with Crippen LogP contribution in [0.25, 0.3) is 10.9 Å². The maximum absolute atomic E-state index is 6.30. The fourth-order valence-electron chi connectivity index (χ4n) is 3.01. The molecule has 0 saturated heterocycles. The van der Waals surface area contributed by atoms with Crippen molar-refractivity contribution in [1.82, 2.24) is 15.0 Å². The number of rotatable bonds is 5. The number of aromatic nitrogens is 3. The fraction of sp³-hybridized carbons (Fsp3) is 0.136. The second-order valence-electron chi connectivity index (χ2n) is 6.60. The highest BCUT2D eigenvalue weighted by atomic mass is 16.5. The molecule has 1 atom stereocenters. The van der Waals surface area contributed by atoms with Crippen molar-refractivity contribution in [3.8, 4) is 11.6 Å². The number of para-hydroxylation sites is 1. The zero-order valence-electron chi connectivity index (χ0n) is 15.8. The third-order valence-corrected chi connectivity index (χ3v) is 4.53. The van der Waals surface area contributed by atoms with Crippen molar-refractivity contribution >= 4 is 22.4 Å². The van der Waals surface area contributed by atoms with Crippen molar-refractivity contribution in [2.45, 2.75) is 19.9 Å². The molecule has 2 aromatic carbocycles. The van der Waals surface area contributed by atoms with Crippen molar-refractivity contribution in [2.24, 2.45) is 0 Å². The van der Waals surface area contributed by atoms with Crippen LogP contribution in [0, 0.1) is 6.92 Å². The topological polar surface area (TPSA) is 86.0 Å². The predicted octanol–water partition coefficient (Wildman–Crippen LogP) is 4.88. The molecule has 4 aromatic rings. The van der Waals surface area contributed by atoms with Crippen LogP contribution in [0.3, 0.4) is 0 Å². The fourth-order valence-corrected chi connectivity index (χ4v) is 3.01. The van der Waals surface area contributed by atoms with Crippen molar-refractivity contribution in [3.63, 3.8) is 0 Å². The molecule has 0 spiro atoms. The summed E-state index contributed by atoms with van der Waals surface area (Å²) in [4.78, 5) is 13.1. The molecule has 0 amide bonds. The zero-order valence-corrected chi connectivity index (χ0v) is 15.8. The van der Waals surface area contributed by atoms with Gasteiger partial charge in [-0.05, 0) is 31.5 Å². The summed E-state index contributed by atoms with van der Waals surface area (Å²) in [5.74, 6) is 1.44. The van der Waals surface area contributed by atoms with E-state index in [1.807, 2.05) is 55.5 Å². The van der Waals surface area contributed by atoms with Gasteiger partial charge in [0.05, 0.1) is 6.04 Å². The molecular weight excluding hydrogens is 350 g/mol. The lowest BCUT2D eigenvalue weighted by atomic mass is 10.1. The number of ether oxygens (including phenoxy) is 1. The smallest absolute Gasteiger partial charge is 0.248 e. The van der Waals surface area contributed by atoms with Gasteiger partial charge in [0.1, 0.15) is 17.5 Å². The molecular formula is C22H21N5O. The molecule has 2 heterocycles. The van der Waals surface area contributed by atoms with Crippen LogP contribution in [-0.2, 0) is 0 Å². The normalized spacial score (nSPS) is 11.9. The first-order valence-electron chi connectivity index (χ1n) is 9.08. The molecule has 0 radical (unpaired) electrons. The van der Waals surface area contributed by atoms with E-state index in [-0.39, 0.29) is 6.04 Å². The lowest BCUT2D eigenvalue weighted by Gasteiger charge is -2.17. The number of hydrogen-bond acceptors (Lipinski definition) is 6. The van der Waals surface area contributed by atoms with Gasteiger partial charge in [-0.1, -0.05) is 48.5 Å². The van der Waals surface area contributed by atoms with Gasteiger partial charge in [-0.3, -0.25) is 0 Å². The first-order valence-corrected chi connectivity index (χ1v) is 9.08. The van der Waals surface area contributed by atoms with E-state index in [4.69, 9.17) is 10.5 Å². The van der Waals surface area contributed by atoms with Gasteiger partial charge in [-0.25, -0.2) is 9.97 Å². The van der Waals surface area contributed by atoms with Gasteiger partial charge in [-0.2, -0.15) is 4.98 Å². The Morgan fingerprint density at radius 3 is 2.61 bits per heavy atom. The van der Waals surface area contributed by atoms with Gasteiger partial charge >= 0.3 is 0 Å². The highest BCUT2D eigenvalue weighted by Gasteiger charge is 2.15. The van der Waals surface area contributed by atoms with E-state index in [1.165, 1.54) is 6.33 Å². The van der Waals surface area contributed by atoms with Gasteiger partial charge in [-0.15, -0.1) is 0 Å². The molecule has 28 heavy (non-hydrogen) atoms. The third kappa shape index (κ3) is 3.57. The Bertz CT molecular complexity index is 1110. The summed E-state index contributed by atoms with van der Waals surface area (Å²) in [6.07, 6.45) is 1.44. The first-order chi connectivity index (χ1) is 13.6. The number of fused-ring (bicyclic) bond motifs is 1. The van der Waals surface area contributed by atoms with Gasteiger partial charge in [0.25, 0.3) is 0 Å². The standard InChI is InChI=1S/C22H21N5O/c1-14-11-12-17-9-6-10-18(20(17)26-14)28-22-19(23)21(24-13-25-22)27-15(2)16-7-4-3-5-8-16/h3-13,15H,23H2,1-2H3,(H,24,25,27). The number of hydrogen-bond donors (Lipinski definition) is 2. The Morgan fingerprint density at radius 2 is 1.79 bits per heavy atom. The SMILES string of the molecule is Cc1ccc2cccc(Oc3ncnc(NC(C)c4ccccc4)c3N)c2n1. The summed E-state index contributed by atoms with van der Waals surface area (Å²) in [7, 11) is 0. The molecule has 2 aromatic heterocycles. The van der Waals surface area contributed by atoms with E-state index in [1.54, 1.807) is 0 Å². The van der Waals surface area contributed by atoms with Crippen LogP contribution >= 0.6 is 0 Å². The van der Waals surface area contributed by atoms with Crippen LogP contribution in [-0.4, -0.2) is 15.0 Å². The molecule has 4 rings (SSSR count). The Hall–Kier alpha value is -3.67. The molecule has 3 N–H and O–H groups in total.